The maximum absolute atomic E-state index is 12.0. The molecular formula is C14H18N4O2S. The first-order chi connectivity index (χ1) is 10.2. The van der Waals surface area contributed by atoms with Crippen molar-refractivity contribution in [2.45, 2.75) is 25.4 Å². The van der Waals surface area contributed by atoms with E-state index in [0.717, 1.165) is 36.4 Å². The van der Waals surface area contributed by atoms with E-state index in [4.69, 9.17) is 4.74 Å². The van der Waals surface area contributed by atoms with Gasteiger partial charge in [0.2, 0.25) is 0 Å². The predicted molar refractivity (Wildman–Crippen MR) is 80.2 cm³/mol. The fourth-order valence-electron chi connectivity index (χ4n) is 2.35. The zero-order valence-electron chi connectivity index (χ0n) is 11.9. The van der Waals surface area contributed by atoms with Gasteiger partial charge < -0.3 is 10.1 Å². The van der Waals surface area contributed by atoms with Crippen LogP contribution in [0.1, 0.15) is 29.8 Å². The minimum atomic E-state index is -0.126. The molecule has 0 unspecified atom stereocenters. The molecule has 7 heteroatoms. The number of nitrogens with one attached hydrogen (secondary N) is 1. The second-order valence-corrected chi connectivity index (χ2v) is 5.98. The van der Waals surface area contributed by atoms with Crippen molar-refractivity contribution in [3.8, 4) is 10.6 Å². The topological polar surface area (TPSA) is 69.0 Å². The first-order valence-electron chi connectivity index (χ1n) is 7.07. The van der Waals surface area contributed by atoms with E-state index in [1.165, 1.54) is 11.3 Å². The van der Waals surface area contributed by atoms with Gasteiger partial charge in [-0.25, -0.2) is 4.98 Å². The lowest BCUT2D eigenvalue weighted by Crippen LogP contribution is -2.27. The summed E-state index contributed by atoms with van der Waals surface area (Å²) in [5.74, 6) is -0.126. The van der Waals surface area contributed by atoms with Crippen molar-refractivity contribution in [3.05, 3.63) is 23.5 Å². The molecule has 1 N–H and O–H groups in total. The quantitative estimate of drug-likeness (QED) is 0.915. The van der Waals surface area contributed by atoms with Gasteiger partial charge in [-0.15, -0.1) is 11.3 Å². The molecule has 1 aliphatic rings. The van der Waals surface area contributed by atoms with Crippen LogP contribution in [0.5, 0.6) is 0 Å². The molecule has 0 saturated carbocycles. The highest BCUT2D eigenvalue weighted by molar-refractivity contribution is 7.13. The van der Waals surface area contributed by atoms with Crippen molar-refractivity contribution in [2.75, 3.05) is 13.2 Å². The lowest BCUT2D eigenvalue weighted by molar-refractivity contribution is 0.0904. The second kappa shape index (κ2) is 6.36. The fourth-order valence-corrected chi connectivity index (χ4v) is 3.13. The maximum Gasteiger partial charge on any atom is 0.270 e. The molecule has 6 nitrogen and oxygen atoms in total. The smallest absolute Gasteiger partial charge is 0.270 e. The van der Waals surface area contributed by atoms with Gasteiger partial charge in [0.15, 0.2) is 0 Å². The maximum atomic E-state index is 12.0. The van der Waals surface area contributed by atoms with Crippen LogP contribution < -0.4 is 5.32 Å². The molecule has 112 valence electrons. The van der Waals surface area contributed by atoms with E-state index in [1.54, 1.807) is 16.3 Å². The average molecular weight is 306 g/mol. The van der Waals surface area contributed by atoms with E-state index in [2.05, 4.69) is 15.4 Å². The lowest BCUT2D eigenvalue weighted by atomic mass is 10.2. The monoisotopic (exact) mass is 306 g/mol. The molecule has 0 aromatic carbocycles. The van der Waals surface area contributed by atoms with Crippen LogP contribution in [0.15, 0.2) is 17.8 Å². The molecule has 0 aliphatic carbocycles. The van der Waals surface area contributed by atoms with Crippen LogP contribution >= 0.6 is 11.3 Å². The summed E-state index contributed by atoms with van der Waals surface area (Å²) in [6, 6.07) is 0. The summed E-state index contributed by atoms with van der Waals surface area (Å²) in [7, 11) is 1.86. The van der Waals surface area contributed by atoms with E-state index < -0.39 is 0 Å². The third-order valence-corrected chi connectivity index (χ3v) is 4.36. The van der Waals surface area contributed by atoms with Gasteiger partial charge in [0.25, 0.3) is 5.91 Å². The number of ether oxygens (including phenoxy) is 1. The van der Waals surface area contributed by atoms with Crippen molar-refractivity contribution in [2.24, 2.45) is 7.05 Å². The molecule has 2 aromatic rings. The highest BCUT2D eigenvalue weighted by Crippen LogP contribution is 2.22. The van der Waals surface area contributed by atoms with E-state index in [-0.39, 0.29) is 5.91 Å². The largest absolute Gasteiger partial charge is 0.378 e. The normalized spacial score (nSPS) is 18.0. The number of carbonyl (C=O) groups is 1. The van der Waals surface area contributed by atoms with Crippen LogP contribution in [-0.2, 0) is 11.8 Å². The molecular weight excluding hydrogens is 288 g/mol. The highest BCUT2D eigenvalue weighted by atomic mass is 32.1. The number of aromatic nitrogens is 3. The van der Waals surface area contributed by atoms with Crippen LogP contribution in [0.25, 0.3) is 10.6 Å². The Morgan fingerprint density at radius 3 is 3.24 bits per heavy atom. The standard InChI is InChI=1S/C14H18N4O2S/c1-18-8-10(7-16-18)14-17-12(9-21-14)13(19)15-5-4-11-3-2-6-20-11/h7-9,11H,2-6H2,1H3,(H,15,19)/t11-/m1/s1. The molecule has 1 saturated heterocycles. The molecule has 1 atom stereocenters. The molecule has 3 heterocycles. The van der Waals surface area contributed by atoms with Crippen LogP contribution in [-0.4, -0.2) is 39.9 Å². The van der Waals surface area contributed by atoms with Gasteiger partial charge in [-0.3, -0.25) is 9.48 Å². The van der Waals surface area contributed by atoms with Crippen LogP contribution in [0.2, 0.25) is 0 Å². The summed E-state index contributed by atoms with van der Waals surface area (Å²) < 4.78 is 7.25. The summed E-state index contributed by atoms with van der Waals surface area (Å²) in [5, 5.41) is 9.60. The van der Waals surface area contributed by atoms with Crippen LogP contribution in [0.4, 0.5) is 0 Å². The van der Waals surface area contributed by atoms with Crippen molar-refractivity contribution in [1.29, 1.82) is 0 Å². The van der Waals surface area contributed by atoms with Gasteiger partial charge in [-0.2, -0.15) is 5.10 Å². The molecule has 1 aliphatic heterocycles. The molecule has 2 aromatic heterocycles. The van der Waals surface area contributed by atoms with E-state index in [1.807, 2.05) is 13.2 Å². The molecule has 21 heavy (non-hydrogen) atoms. The zero-order valence-corrected chi connectivity index (χ0v) is 12.7. The third kappa shape index (κ3) is 3.48. The Kier molecular flexibility index (Phi) is 4.31. The summed E-state index contributed by atoms with van der Waals surface area (Å²) in [6.45, 7) is 1.47. The first-order valence-corrected chi connectivity index (χ1v) is 7.94. The summed E-state index contributed by atoms with van der Waals surface area (Å²) in [5.41, 5.74) is 1.40. The Morgan fingerprint density at radius 2 is 2.52 bits per heavy atom. The number of hydrogen-bond donors (Lipinski definition) is 1. The molecule has 1 fully saturated rings. The number of rotatable bonds is 5. The average Bonchev–Trinajstić information content (AvgIpc) is 3.19. The minimum absolute atomic E-state index is 0.126. The fraction of sp³-hybridized carbons (Fsp3) is 0.500. The lowest BCUT2D eigenvalue weighted by Gasteiger charge is -2.09. The molecule has 3 rings (SSSR count). The summed E-state index contributed by atoms with van der Waals surface area (Å²) in [6.07, 6.45) is 7.02. The van der Waals surface area contributed by atoms with E-state index in [0.29, 0.717) is 18.3 Å². The first kappa shape index (κ1) is 14.2. The van der Waals surface area contributed by atoms with Crippen LogP contribution in [0.3, 0.4) is 0 Å². The predicted octanol–water partition coefficient (Wildman–Crippen LogP) is 1.84. The van der Waals surface area contributed by atoms with Gasteiger partial charge in [-0.1, -0.05) is 0 Å². The number of carbonyl (C=O) groups excluding carboxylic acids is 1. The van der Waals surface area contributed by atoms with Crippen molar-refractivity contribution in [3.63, 3.8) is 0 Å². The van der Waals surface area contributed by atoms with Crippen LogP contribution in [0, 0.1) is 0 Å². The second-order valence-electron chi connectivity index (χ2n) is 5.12. The SMILES string of the molecule is Cn1cc(-c2nc(C(=O)NCC[C@H]3CCCO3)cs2)cn1. The number of nitrogens with zero attached hydrogens (tertiary/aromatic N) is 3. The molecule has 0 bridgehead atoms. The third-order valence-electron chi connectivity index (χ3n) is 3.46. The Morgan fingerprint density at radius 1 is 1.62 bits per heavy atom. The highest BCUT2D eigenvalue weighted by Gasteiger charge is 2.16. The minimum Gasteiger partial charge on any atom is -0.378 e. The number of hydrogen-bond acceptors (Lipinski definition) is 5. The zero-order chi connectivity index (χ0) is 14.7. The van der Waals surface area contributed by atoms with Crippen molar-refractivity contribution < 1.29 is 9.53 Å². The van der Waals surface area contributed by atoms with Gasteiger partial charge in [0.05, 0.1) is 12.3 Å². The van der Waals surface area contributed by atoms with Gasteiger partial charge >= 0.3 is 0 Å². The van der Waals surface area contributed by atoms with Gasteiger partial charge in [0, 0.05) is 37.3 Å². The summed E-state index contributed by atoms with van der Waals surface area (Å²) in [4.78, 5) is 16.4. The molecule has 1 amide bonds. The Bertz CT molecular complexity index is 616. The molecule has 0 spiro atoms. The Balaban J connectivity index is 1.54. The summed E-state index contributed by atoms with van der Waals surface area (Å²) >= 11 is 1.45. The number of thiazole rings is 1. The van der Waals surface area contributed by atoms with Crippen molar-refractivity contribution >= 4 is 17.2 Å². The Hall–Kier alpha value is -1.73. The Labute approximate surface area is 127 Å². The molecule has 0 radical (unpaired) electrons. The van der Waals surface area contributed by atoms with Gasteiger partial charge in [-0.05, 0) is 19.3 Å². The number of aryl methyl sites for hydroxylation is 1. The van der Waals surface area contributed by atoms with E-state index >= 15 is 0 Å². The number of amides is 1. The van der Waals surface area contributed by atoms with Crippen molar-refractivity contribution in [1.82, 2.24) is 20.1 Å². The van der Waals surface area contributed by atoms with Gasteiger partial charge in [0.1, 0.15) is 10.7 Å². The van der Waals surface area contributed by atoms with E-state index in [9.17, 15) is 4.79 Å².